The Bertz CT molecular complexity index is 1010. The second kappa shape index (κ2) is 86.4. The van der Waals surface area contributed by atoms with Crippen molar-refractivity contribution in [2.45, 2.75) is 546 Å². The van der Waals surface area contributed by atoms with Gasteiger partial charge in [0, 0.05) is 0 Å². The minimum atomic E-state index is 1.07. The van der Waals surface area contributed by atoms with Gasteiger partial charge in [-0.3, -0.25) is 0 Å². The highest BCUT2D eigenvalue weighted by Crippen LogP contribution is 2.22. The molecule has 0 saturated heterocycles. The lowest BCUT2D eigenvalue weighted by molar-refractivity contribution is 0.505. The molecule has 0 amide bonds. The highest BCUT2D eigenvalue weighted by atomic mass is 32.1. The third kappa shape index (κ3) is 86.3. The van der Waals surface area contributed by atoms with Crippen LogP contribution in [0.1, 0.15) is 546 Å². The van der Waals surface area contributed by atoms with Crippen LogP contribution in [-0.2, 0) is 0 Å². The lowest BCUT2D eigenvalue weighted by Crippen LogP contribution is -1.85. The molecule has 0 rings (SSSR count). The maximum atomic E-state index is 4.31. The number of hydrogen-bond donors (Lipinski definition) is 1. The average Bonchev–Trinajstić information content (AvgIpc) is 3.53. The third-order valence-corrected chi connectivity index (χ3v) is 21.3. The molecule has 0 saturated carbocycles. The predicted octanol–water partition coefficient (Wildman–Crippen LogP) is 33.7. The van der Waals surface area contributed by atoms with E-state index in [1.54, 1.807) is 0 Å². The van der Waals surface area contributed by atoms with Gasteiger partial charge in [-0.05, 0) is 12.2 Å². The molecule has 0 spiro atoms. The number of hydrogen-bond acceptors (Lipinski definition) is 1. The van der Waals surface area contributed by atoms with Gasteiger partial charge in [-0.1, -0.05) is 540 Å². The number of thiol groups is 1. The minimum Gasteiger partial charge on any atom is -0.179 e. The summed E-state index contributed by atoms with van der Waals surface area (Å²) in [5.41, 5.74) is 0. The summed E-state index contributed by atoms with van der Waals surface area (Å²) in [6, 6.07) is 0. The molecule has 524 valence electrons. The van der Waals surface area contributed by atoms with Crippen molar-refractivity contribution < 1.29 is 0 Å². The maximum Gasteiger partial charge on any atom is -0.00979 e. The second-order valence-electron chi connectivity index (χ2n) is 30.1. The van der Waals surface area contributed by atoms with Gasteiger partial charge in [0.05, 0.1) is 0 Å². The van der Waals surface area contributed by atoms with Crippen molar-refractivity contribution in [3.05, 3.63) is 0 Å². The molecule has 0 aliphatic carbocycles. The molecule has 1 heteroatoms. The van der Waals surface area contributed by atoms with Crippen molar-refractivity contribution in [1.82, 2.24) is 0 Å². The van der Waals surface area contributed by atoms with E-state index in [0.717, 1.165) is 5.75 Å². The van der Waals surface area contributed by atoms with Gasteiger partial charge in [0.15, 0.2) is 0 Å². The van der Waals surface area contributed by atoms with E-state index in [9.17, 15) is 0 Å². The molecule has 0 aliphatic heterocycles. The molecule has 87 heavy (non-hydrogen) atoms. The van der Waals surface area contributed by atoms with E-state index in [4.69, 9.17) is 0 Å². The lowest BCUT2D eigenvalue weighted by Gasteiger charge is -2.05. The van der Waals surface area contributed by atoms with Gasteiger partial charge in [-0.25, -0.2) is 0 Å². The molecule has 0 unspecified atom stereocenters. The molecule has 0 fully saturated rings. The monoisotopic (exact) mass is 1240 g/mol. The van der Waals surface area contributed by atoms with Gasteiger partial charge in [0.25, 0.3) is 0 Å². The lowest BCUT2D eigenvalue weighted by atomic mass is 10.0. The van der Waals surface area contributed by atoms with Crippen molar-refractivity contribution in [1.29, 1.82) is 0 Å². The first-order valence-electron chi connectivity index (χ1n) is 43.0. The fourth-order valence-corrected chi connectivity index (χ4v) is 14.9. The summed E-state index contributed by atoms with van der Waals surface area (Å²) < 4.78 is 0. The zero-order chi connectivity index (χ0) is 62.1. The maximum absolute atomic E-state index is 4.31. The Morgan fingerprint density at radius 1 is 0.0920 bits per heavy atom. The van der Waals surface area contributed by atoms with Gasteiger partial charge < -0.3 is 0 Å². The van der Waals surface area contributed by atoms with E-state index in [0.29, 0.717) is 0 Å². The van der Waals surface area contributed by atoms with Crippen LogP contribution in [0.2, 0.25) is 0 Å². The summed E-state index contributed by atoms with van der Waals surface area (Å²) in [5.74, 6) is 1.07. The van der Waals surface area contributed by atoms with E-state index >= 15 is 0 Å². The Kier molecular flexibility index (Phi) is 86.7. The Labute approximate surface area is 561 Å². The van der Waals surface area contributed by atoms with Gasteiger partial charge in [0.2, 0.25) is 0 Å². The molecular formula is C86H174S. The predicted molar refractivity (Wildman–Crippen MR) is 407 cm³/mol. The molecule has 0 aromatic carbocycles. The highest BCUT2D eigenvalue weighted by molar-refractivity contribution is 7.80. The first-order valence-corrected chi connectivity index (χ1v) is 43.7. The van der Waals surface area contributed by atoms with Crippen LogP contribution in [0.25, 0.3) is 0 Å². The van der Waals surface area contributed by atoms with Crippen molar-refractivity contribution in [2.75, 3.05) is 5.75 Å². The average molecular weight is 1240 g/mol. The summed E-state index contributed by atoms with van der Waals surface area (Å²) in [5, 5.41) is 0. The van der Waals surface area contributed by atoms with Crippen LogP contribution < -0.4 is 0 Å². The fourth-order valence-electron chi connectivity index (χ4n) is 14.7. The summed E-state index contributed by atoms with van der Waals surface area (Å²) >= 11 is 4.31. The fraction of sp³-hybridized carbons (Fsp3) is 1.00. The molecule has 0 aromatic rings. The van der Waals surface area contributed by atoms with Crippen LogP contribution >= 0.6 is 12.6 Å². The molecular weight excluding hydrogens is 1070 g/mol. The van der Waals surface area contributed by atoms with Crippen LogP contribution in [0.5, 0.6) is 0 Å². The van der Waals surface area contributed by atoms with E-state index in [1.165, 1.54) is 539 Å². The van der Waals surface area contributed by atoms with Crippen LogP contribution in [0.3, 0.4) is 0 Å². The Morgan fingerprint density at radius 3 is 0.207 bits per heavy atom. The van der Waals surface area contributed by atoms with Crippen molar-refractivity contribution >= 4 is 12.6 Å². The third-order valence-electron chi connectivity index (χ3n) is 21.0. The minimum absolute atomic E-state index is 1.07. The smallest absolute Gasteiger partial charge is 0.00979 e. The van der Waals surface area contributed by atoms with Crippen molar-refractivity contribution in [3.8, 4) is 0 Å². The number of rotatable bonds is 84. The quantitative estimate of drug-likeness (QED) is 0.0455. The molecule has 0 radical (unpaired) electrons. The molecule has 0 aliphatic rings. The van der Waals surface area contributed by atoms with Crippen LogP contribution in [0.4, 0.5) is 0 Å². The van der Waals surface area contributed by atoms with E-state index in [-0.39, 0.29) is 0 Å². The van der Waals surface area contributed by atoms with Gasteiger partial charge in [0.1, 0.15) is 0 Å². The summed E-state index contributed by atoms with van der Waals surface area (Å²) in [7, 11) is 0. The molecule has 0 heterocycles. The zero-order valence-corrected chi connectivity index (χ0v) is 62.4. The topological polar surface area (TPSA) is 0 Å². The van der Waals surface area contributed by atoms with Crippen LogP contribution in [0.15, 0.2) is 0 Å². The Morgan fingerprint density at radius 2 is 0.149 bits per heavy atom. The first kappa shape index (κ1) is 87.3. The normalized spacial score (nSPS) is 11.8. The number of unbranched alkanes of at least 4 members (excludes halogenated alkanes) is 83. The molecule has 0 atom stereocenters. The molecule has 0 N–H and O–H groups in total. The Balaban J connectivity index is 3.08. The van der Waals surface area contributed by atoms with E-state index in [1.807, 2.05) is 0 Å². The van der Waals surface area contributed by atoms with E-state index in [2.05, 4.69) is 19.6 Å². The van der Waals surface area contributed by atoms with Crippen LogP contribution in [-0.4, -0.2) is 5.75 Å². The van der Waals surface area contributed by atoms with Crippen LogP contribution in [0, 0.1) is 0 Å². The molecule has 0 nitrogen and oxygen atoms in total. The van der Waals surface area contributed by atoms with Crippen molar-refractivity contribution in [3.63, 3.8) is 0 Å². The molecule has 0 bridgehead atoms. The van der Waals surface area contributed by atoms with Crippen molar-refractivity contribution in [2.24, 2.45) is 0 Å². The summed E-state index contributed by atoms with van der Waals surface area (Å²) in [6.45, 7) is 2.32. The first-order chi connectivity index (χ1) is 43.4. The second-order valence-corrected chi connectivity index (χ2v) is 30.5. The largest absolute Gasteiger partial charge is 0.179 e. The SMILES string of the molecule is CCCCCCCCCCCCCCCCCCCCCCCCCCCCCCCCCCCCCCCCCCCCCCCCCCCCCCCCCCCCCCCCCCCCCCCCCCCCCCCCCCCCCCS. The van der Waals surface area contributed by atoms with Gasteiger partial charge in [-0.2, -0.15) is 12.6 Å². The molecule has 0 aromatic heterocycles. The summed E-state index contributed by atoms with van der Waals surface area (Å²) in [6.07, 6.45) is 125. The summed E-state index contributed by atoms with van der Waals surface area (Å²) in [4.78, 5) is 0. The zero-order valence-electron chi connectivity index (χ0n) is 61.6. The van der Waals surface area contributed by atoms with Gasteiger partial charge >= 0.3 is 0 Å². The standard InChI is InChI=1S/C86H174S/c1-2-3-4-5-6-7-8-9-10-11-12-13-14-15-16-17-18-19-20-21-22-23-24-25-26-27-28-29-30-31-32-33-34-35-36-37-38-39-40-41-42-43-44-45-46-47-48-49-50-51-52-53-54-55-56-57-58-59-60-61-62-63-64-65-66-67-68-69-70-71-72-73-74-75-76-77-78-79-80-81-82-83-84-85-86-87/h87H,2-86H2,1H3. The van der Waals surface area contributed by atoms with E-state index < -0.39 is 0 Å². The highest BCUT2D eigenvalue weighted by Gasteiger charge is 2.02. The van der Waals surface area contributed by atoms with Gasteiger partial charge in [-0.15, -0.1) is 0 Å². The Hall–Kier alpha value is 0.350.